The van der Waals surface area contributed by atoms with Gasteiger partial charge in [0.05, 0.1) is 5.02 Å². The molecule has 1 aromatic rings. The van der Waals surface area contributed by atoms with Gasteiger partial charge in [-0.2, -0.15) is 4.31 Å². The van der Waals surface area contributed by atoms with E-state index in [1.165, 1.54) is 22.5 Å². The number of nitrogens with zero attached hydrogens (tertiary/aromatic N) is 2. The second kappa shape index (κ2) is 7.04. The molecule has 6 nitrogen and oxygen atoms in total. The van der Waals surface area contributed by atoms with Crippen LogP contribution in [-0.4, -0.2) is 56.4 Å². The Morgan fingerprint density at radius 2 is 1.86 bits per heavy atom. The summed E-state index contributed by atoms with van der Waals surface area (Å²) in [5, 5.41) is 3.14. The molecule has 1 heterocycles. The van der Waals surface area contributed by atoms with Gasteiger partial charge >= 0.3 is 6.03 Å². The van der Waals surface area contributed by atoms with Crippen LogP contribution in [0, 0.1) is 0 Å². The summed E-state index contributed by atoms with van der Waals surface area (Å²) in [5.41, 5.74) is 0. The molecule has 0 unspecified atom stereocenters. The number of hydrogen-bond donors (Lipinski definition) is 1. The number of piperazine rings is 1. The van der Waals surface area contributed by atoms with Gasteiger partial charge < -0.3 is 10.2 Å². The maximum absolute atomic E-state index is 12.6. The Hall–Kier alpha value is -1.02. The van der Waals surface area contributed by atoms with E-state index in [9.17, 15) is 13.2 Å². The van der Waals surface area contributed by atoms with Gasteiger partial charge in [-0.25, -0.2) is 13.2 Å². The fourth-order valence-electron chi connectivity index (χ4n) is 2.21. The number of nitrogens with one attached hydrogen (secondary N) is 1. The van der Waals surface area contributed by atoms with Crippen molar-refractivity contribution in [3.05, 3.63) is 28.2 Å². The number of carbonyl (C=O) groups excluding carboxylic acids is 1. The monoisotopic (exact) mass is 365 g/mol. The SMILES string of the molecule is CCNC(=O)N1CCN(S(=O)(=O)c2cc(Cl)ccc2Cl)CC1. The number of carbonyl (C=O) groups is 1. The Morgan fingerprint density at radius 3 is 2.45 bits per heavy atom. The highest BCUT2D eigenvalue weighted by molar-refractivity contribution is 7.89. The van der Waals surface area contributed by atoms with Crippen LogP contribution in [-0.2, 0) is 10.0 Å². The van der Waals surface area contributed by atoms with E-state index in [1.54, 1.807) is 4.90 Å². The summed E-state index contributed by atoms with van der Waals surface area (Å²) in [6, 6.07) is 4.16. The number of amides is 2. The van der Waals surface area contributed by atoms with E-state index in [0.717, 1.165) is 0 Å². The second-order valence-corrected chi connectivity index (χ2v) is 7.55. The van der Waals surface area contributed by atoms with Crippen molar-refractivity contribution in [1.29, 1.82) is 0 Å². The predicted molar refractivity (Wildman–Crippen MR) is 85.9 cm³/mol. The Labute approximate surface area is 140 Å². The normalized spacial score (nSPS) is 16.6. The topological polar surface area (TPSA) is 69.7 Å². The van der Waals surface area contributed by atoms with Crippen LogP contribution in [0.5, 0.6) is 0 Å². The summed E-state index contributed by atoms with van der Waals surface area (Å²) in [4.78, 5) is 13.3. The van der Waals surface area contributed by atoms with Gasteiger partial charge in [0.1, 0.15) is 4.90 Å². The molecule has 22 heavy (non-hydrogen) atoms. The Morgan fingerprint density at radius 1 is 1.23 bits per heavy atom. The van der Waals surface area contributed by atoms with Crippen LogP contribution in [0.15, 0.2) is 23.1 Å². The van der Waals surface area contributed by atoms with E-state index in [-0.39, 0.29) is 29.0 Å². The summed E-state index contributed by atoms with van der Waals surface area (Å²) in [5.74, 6) is 0. The standard InChI is InChI=1S/C13H17Cl2N3O3S/c1-2-16-13(19)17-5-7-18(8-6-17)22(20,21)12-9-10(14)3-4-11(12)15/h3-4,9H,2,5-8H2,1H3,(H,16,19). The fourth-order valence-corrected chi connectivity index (χ4v) is 4.37. The summed E-state index contributed by atoms with van der Waals surface area (Å²) in [6.45, 7) is 3.49. The van der Waals surface area contributed by atoms with Crippen molar-refractivity contribution < 1.29 is 13.2 Å². The van der Waals surface area contributed by atoms with E-state index in [1.807, 2.05) is 6.92 Å². The zero-order chi connectivity index (χ0) is 16.3. The Kier molecular flexibility index (Phi) is 5.55. The molecule has 0 spiro atoms. The van der Waals surface area contributed by atoms with Crippen LogP contribution in [0.2, 0.25) is 10.0 Å². The number of hydrogen-bond acceptors (Lipinski definition) is 3. The van der Waals surface area contributed by atoms with Gasteiger partial charge in [-0.15, -0.1) is 0 Å². The molecule has 0 aliphatic carbocycles. The highest BCUT2D eigenvalue weighted by Crippen LogP contribution is 2.28. The summed E-state index contributed by atoms with van der Waals surface area (Å²) in [7, 11) is -3.72. The first-order chi connectivity index (χ1) is 10.4. The molecule has 1 aromatic carbocycles. The van der Waals surface area contributed by atoms with Crippen LogP contribution in [0.25, 0.3) is 0 Å². The average molecular weight is 366 g/mol. The van der Waals surface area contributed by atoms with E-state index >= 15 is 0 Å². The molecule has 0 aromatic heterocycles. The van der Waals surface area contributed by atoms with Crippen LogP contribution in [0.4, 0.5) is 4.79 Å². The van der Waals surface area contributed by atoms with Gasteiger partial charge in [0.25, 0.3) is 0 Å². The summed E-state index contributed by atoms with van der Waals surface area (Å²) >= 11 is 11.8. The molecule has 2 amide bonds. The van der Waals surface area contributed by atoms with Crippen LogP contribution in [0.1, 0.15) is 6.92 Å². The second-order valence-electron chi connectivity index (χ2n) is 4.80. The van der Waals surface area contributed by atoms with E-state index < -0.39 is 10.0 Å². The van der Waals surface area contributed by atoms with Crippen LogP contribution < -0.4 is 5.32 Å². The van der Waals surface area contributed by atoms with Crippen molar-refractivity contribution in [1.82, 2.24) is 14.5 Å². The first-order valence-electron chi connectivity index (χ1n) is 6.84. The van der Waals surface area contributed by atoms with Gasteiger partial charge in [0, 0.05) is 37.7 Å². The van der Waals surface area contributed by atoms with E-state index in [2.05, 4.69) is 5.32 Å². The van der Waals surface area contributed by atoms with Crippen molar-refractivity contribution in [2.24, 2.45) is 0 Å². The molecular formula is C13H17Cl2N3O3S. The molecular weight excluding hydrogens is 349 g/mol. The molecule has 9 heteroatoms. The first kappa shape index (κ1) is 17.3. The molecule has 1 aliphatic rings. The lowest BCUT2D eigenvalue weighted by Gasteiger charge is -2.34. The van der Waals surface area contributed by atoms with E-state index in [0.29, 0.717) is 24.7 Å². The van der Waals surface area contributed by atoms with Gasteiger partial charge in [0.15, 0.2) is 0 Å². The average Bonchev–Trinajstić information content (AvgIpc) is 2.50. The fraction of sp³-hybridized carbons (Fsp3) is 0.462. The third-order valence-corrected chi connectivity index (χ3v) is 5.98. The maximum Gasteiger partial charge on any atom is 0.317 e. The maximum atomic E-state index is 12.6. The van der Waals surface area contributed by atoms with Crippen molar-refractivity contribution in [2.75, 3.05) is 32.7 Å². The van der Waals surface area contributed by atoms with E-state index in [4.69, 9.17) is 23.2 Å². The van der Waals surface area contributed by atoms with Crippen molar-refractivity contribution in [2.45, 2.75) is 11.8 Å². The number of benzene rings is 1. The minimum absolute atomic E-state index is 0.00636. The molecule has 2 rings (SSSR count). The number of urea groups is 1. The smallest absolute Gasteiger partial charge is 0.317 e. The zero-order valence-corrected chi connectivity index (χ0v) is 14.4. The minimum atomic E-state index is -3.72. The molecule has 1 fully saturated rings. The lowest BCUT2D eigenvalue weighted by Crippen LogP contribution is -2.53. The number of halogens is 2. The molecule has 0 bridgehead atoms. The molecule has 1 N–H and O–H groups in total. The Balaban J connectivity index is 2.13. The van der Waals surface area contributed by atoms with Gasteiger partial charge in [0.2, 0.25) is 10.0 Å². The number of rotatable bonds is 3. The molecule has 1 saturated heterocycles. The van der Waals surface area contributed by atoms with Crippen LogP contribution in [0.3, 0.4) is 0 Å². The molecule has 0 radical (unpaired) electrons. The van der Waals surface area contributed by atoms with Crippen molar-refractivity contribution in [3.8, 4) is 0 Å². The van der Waals surface area contributed by atoms with Gasteiger partial charge in [-0.05, 0) is 25.1 Å². The largest absolute Gasteiger partial charge is 0.338 e. The highest BCUT2D eigenvalue weighted by atomic mass is 35.5. The lowest BCUT2D eigenvalue weighted by molar-refractivity contribution is 0.173. The molecule has 122 valence electrons. The first-order valence-corrected chi connectivity index (χ1v) is 9.04. The zero-order valence-electron chi connectivity index (χ0n) is 12.1. The van der Waals surface area contributed by atoms with Gasteiger partial charge in [-0.1, -0.05) is 23.2 Å². The highest BCUT2D eigenvalue weighted by Gasteiger charge is 2.31. The van der Waals surface area contributed by atoms with Crippen molar-refractivity contribution >= 4 is 39.3 Å². The third kappa shape index (κ3) is 3.65. The summed E-state index contributed by atoms with van der Waals surface area (Å²) < 4.78 is 26.6. The third-order valence-electron chi connectivity index (χ3n) is 3.36. The van der Waals surface area contributed by atoms with Crippen LogP contribution >= 0.6 is 23.2 Å². The van der Waals surface area contributed by atoms with Gasteiger partial charge in [-0.3, -0.25) is 0 Å². The molecule has 1 aliphatic heterocycles. The Bertz CT molecular complexity index is 658. The quantitative estimate of drug-likeness (QED) is 0.890. The summed E-state index contributed by atoms with van der Waals surface area (Å²) in [6.07, 6.45) is 0. The van der Waals surface area contributed by atoms with Crippen molar-refractivity contribution in [3.63, 3.8) is 0 Å². The number of sulfonamides is 1. The molecule has 0 saturated carbocycles. The molecule has 0 atom stereocenters. The lowest BCUT2D eigenvalue weighted by atomic mass is 10.4. The predicted octanol–water partition coefficient (Wildman–Crippen LogP) is 2.03. The minimum Gasteiger partial charge on any atom is -0.338 e.